The van der Waals surface area contributed by atoms with Gasteiger partial charge in [0.05, 0.1) is 6.04 Å². The number of carbonyl (C=O) groups is 2. The minimum Gasteiger partial charge on any atom is -0.325 e. The van der Waals surface area contributed by atoms with Crippen molar-refractivity contribution in [1.82, 2.24) is 0 Å². The third-order valence-electron chi connectivity index (χ3n) is 3.58. The lowest BCUT2D eigenvalue weighted by atomic mass is 10.0. The predicted octanol–water partition coefficient (Wildman–Crippen LogP) is 2.13. The van der Waals surface area contributed by atoms with Gasteiger partial charge in [-0.1, -0.05) is 13.8 Å². The maximum absolute atomic E-state index is 11.9. The van der Waals surface area contributed by atoms with Crippen LogP contribution in [0.15, 0.2) is 24.3 Å². The third kappa shape index (κ3) is 4.04. The van der Waals surface area contributed by atoms with Crippen LogP contribution in [-0.4, -0.2) is 24.4 Å². The summed E-state index contributed by atoms with van der Waals surface area (Å²) < 4.78 is 0. The van der Waals surface area contributed by atoms with Crippen molar-refractivity contribution in [3.8, 4) is 0 Å². The average molecular weight is 289 g/mol. The lowest BCUT2D eigenvalue weighted by Gasteiger charge is -2.17. The SMILES string of the molecule is CC(C)C[C@H](N)C(=O)Nc1ccc(N2CCCC2=O)cc1. The van der Waals surface area contributed by atoms with Gasteiger partial charge in [-0.25, -0.2) is 0 Å². The van der Waals surface area contributed by atoms with E-state index in [1.165, 1.54) is 0 Å². The maximum atomic E-state index is 11.9. The molecule has 1 aromatic rings. The number of hydrogen-bond donors (Lipinski definition) is 2. The summed E-state index contributed by atoms with van der Waals surface area (Å²) >= 11 is 0. The van der Waals surface area contributed by atoms with E-state index in [-0.39, 0.29) is 11.8 Å². The second-order valence-corrected chi connectivity index (χ2v) is 5.92. The predicted molar refractivity (Wildman–Crippen MR) is 84.1 cm³/mol. The van der Waals surface area contributed by atoms with Gasteiger partial charge in [0.15, 0.2) is 0 Å². The van der Waals surface area contributed by atoms with Crippen LogP contribution in [0.5, 0.6) is 0 Å². The van der Waals surface area contributed by atoms with Crippen molar-refractivity contribution >= 4 is 23.2 Å². The number of rotatable bonds is 5. The molecule has 1 saturated heterocycles. The highest BCUT2D eigenvalue weighted by molar-refractivity contribution is 5.97. The summed E-state index contributed by atoms with van der Waals surface area (Å²) in [6.07, 6.45) is 2.18. The number of benzene rings is 1. The van der Waals surface area contributed by atoms with Crippen molar-refractivity contribution in [1.29, 1.82) is 0 Å². The van der Waals surface area contributed by atoms with Crippen molar-refractivity contribution < 1.29 is 9.59 Å². The summed E-state index contributed by atoms with van der Waals surface area (Å²) in [6.45, 7) is 4.84. The van der Waals surface area contributed by atoms with Crippen LogP contribution >= 0.6 is 0 Å². The molecule has 0 radical (unpaired) electrons. The van der Waals surface area contributed by atoms with E-state index in [0.29, 0.717) is 24.4 Å². The highest BCUT2D eigenvalue weighted by Crippen LogP contribution is 2.23. The molecule has 1 aliphatic rings. The molecule has 21 heavy (non-hydrogen) atoms. The average Bonchev–Trinajstić information content (AvgIpc) is 2.85. The van der Waals surface area contributed by atoms with Gasteiger partial charge >= 0.3 is 0 Å². The molecule has 0 spiro atoms. The monoisotopic (exact) mass is 289 g/mol. The number of nitrogens with zero attached hydrogens (tertiary/aromatic N) is 1. The highest BCUT2D eigenvalue weighted by atomic mass is 16.2. The molecule has 0 unspecified atom stereocenters. The number of carbonyl (C=O) groups excluding carboxylic acids is 2. The first-order chi connectivity index (χ1) is 9.97. The molecule has 1 fully saturated rings. The Bertz CT molecular complexity index is 511. The van der Waals surface area contributed by atoms with E-state index in [1.54, 1.807) is 17.0 Å². The molecule has 2 amide bonds. The molecule has 0 bridgehead atoms. The second-order valence-electron chi connectivity index (χ2n) is 5.92. The third-order valence-corrected chi connectivity index (χ3v) is 3.58. The summed E-state index contributed by atoms with van der Waals surface area (Å²) in [5.74, 6) is 0.369. The summed E-state index contributed by atoms with van der Waals surface area (Å²) in [5, 5.41) is 2.81. The van der Waals surface area contributed by atoms with Gasteiger partial charge < -0.3 is 16.0 Å². The fourth-order valence-electron chi connectivity index (χ4n) is 2.50. The van der Waals surface area contributed by atoms with Crippen molar-refractivity contribution in [3.63, 3.8) is 0 Å². The van der Waals surface area contributed by atoms with Gasteiger partial charge in [0, 0.05) is 24.3 Å². The first-order valence-electron chi connectivity index (χ1n) is 7.44. The Labute approximate surface area is 125 Å². The van der Waals surface area contributed by atoms with E-state index in [9.17, 15) is 9.59 Å². The molecule has 3 N–H and O–H groups in total. The molecule has 0 saturated carbocycles. The van der Waals surface area contributed by atoms with E-state index in [4.69, 9.17) is 5.73 Å². The van der Waals surface area contributed by atoms with Crippen LogP contribution < -0.4 is 16.0 Å². The molecular formula is C16H23N3O2. The standard InChI is InChI=1S/C16H23N3O2/c1-11(2)10-14(17)16(21)18-12-5-7-13(8-6-12)19-9-3-4-15(19)20/h5-8,11,14H,3-4,9-10,17H2,1-2H3,(H,18,21)/t14-/m0/s1. The molecule has 0 aliphatic carbocycles. The van der Waals surface area contributed by atoms with Crippen LogP contribution in [0.4, 0.5) is 11.4 Å². The highest BCUT2D eigenvalue weighted by Gasteiger charge is 2.21. The summed E-state index contributed by atoms with van der Waals surface area (Å²) in [5.41, 5.74) is 7.43. The fraction of sp³-hybridized carbons (Fsp3) is 0.500. The topological polar surface area (TPSA) is 75.4 Å². The van der Waals surface area contributed by atoms with Crippen molar-refractivity contribution in [2.45, 2.75) is 39.2 Å². The van der Waals surface area contributed by atoms with Crippen molar-refractivity contribution in [2.75, 3.05) is 16.8 Å². The van der Waals surface area contributed by atoms with Gasteiger partial charge in [-0.3, -0.25) is 9.59 Å². The van der Waals surface area contributed by atoms with Crippen LogP contribution in [0.25, 0.3) is 0 Å². The Hall–Kier alpha value is -1.88. The molecule has 2 rings (SSSR count). The van der Waals surface area contributed by atoms with E-state index < -0.39 is 6.04 Å². The summed E-state index contributed by atoms with van der Waals surface area (Å²) in [4.78, 5) is 25.4. The van der Waals surface area contributed by atoms with Crippen LogP contribution in [0, 0.1) is 5.92 Å². The van der Waals surface area contributed by atoms with Gasteiger partial charge in [0.1, 0.15) is 0 Å². The number of nitrogens with one attached hydrogen (secondary N) is 1. The Morgan fingerprint density at radius 1 is 1.33 bits per heavy atom. The first-order valence-corrected chi connectivity index (χ1v) is 7.44. The Morgan fingerprint density at radius 3 is 2.52 bits per heavy atom. The van der Waals surface area contributed by atoms with E-state index >= 15 is 0 Å². The molecular weight excluding hydrogens is 266 g/mol. The van der Waals surface area contributed by atoms with Crippen LogP contribution in [-0.2, 0) is 9.59 Å². The molecule has 1 aromatic carbocycles. The number of nitrogens with two attached hydrogens (primary N) is 1. The second kappa shape index (κ2) is 6.72. The molecule has 114 valence electrons. The van der Waals surface area contributed by atoms with Gasteiger partial charge in [-0.2, -0.15) is 0 Å². The molecule has 1 aliphatic heterocycles. The minimum absolute atomic E-state index is 0.158. The minimum atomic E-state index is -0.496. The number of hydrogen-bond acceptors (Lipinski definition) is 3. The van der Waals surface area contributed by atoms with Crippen LogP contribution in [0.3, 0.4) is 0 Å². The van der Waals surface area contributed by atoms with Crippen molar-refractivity contribution in [3.05, 3.63) is 24.3 Å². The molecule has 5 nitrogen and oxygen atoms in total. The molecule has 1 heterocycles. The van der Waals surface area contributed by atoms with E-state index in [0.717, 1.165) is 18.7 Å². The van der Waals surface area contributed by atoms with E-state index in [1.807, 2.05) is 26.0 Å². The largest absolute Gasteiger partial charge is 0.325 e. The fourth-order valence-corrected chi connectivity index (χ4v) is 2.50. The van der Waals surface area contributed by atoms with Crippen LogP contribution in [0.1, 0.15) is 33.1 Å². The normalized spacial score (nSPS) is 16.4. The van der Waals surface area contributed by atoms with Crippen molar-refractivity contribution in [2.24, 2.45) is 11.7 Å². The first kappa shape index (κ1) is 15.5. The molecule has 5 heteroatoms. The number of anilines is 2. The van der Waals surface area contributed by atoms with Gasteiger partial charge in [-0.05, 0) is 43.0 Å². The summed E-state index contributed by atoms with van der Waals surface area (Å²) in [7, 11) is 0. The maximum Gasteiger partial charge on any atom is 0.241 e. The van der Waals surface area contributed by atoms with E-state index in [2.05, 4.69) is 5.32 Å². The Kier molecular flexibility index (Phi) is 4.96. The lowest BCUT2D eigenvalue weighted by Crippen LogP contribution is -2.36. The summed E-state index contributed by atoms with van der Waals surface area (Å²) in [6, 6.07) is 6.83. The number of amides is 2. The van der Waals surface area contributed by atoms with Crippen LogP contribution in [0.2, 0.25) is 0 Å². The zero-order valence-electron chi connectivity index (χ0n) is 12.6. The Balaban J connectivity index is 1.96. The lowest BCUT2D eigenvalue weighted by molar-refractivity contribution is -0.118. The zero-order valence-corrected chi connectivity index (χ0v) is 12.6. The smallest absolute Gasteiger partial charge is 0.241 e. The molecule has 1 atom stereocenters. The molecule has 0 aromatic heterocycles. The van der Waals surface area contributed by atoms with Gasteiger partial charge in [0.25, 0.3) is 0 Å². The zero-order chi connectivity index (χ0) is 15.4. The Morgan fingerprint density at radius 2 is 2.00 bits per heavy atom. The van der Waals surface area contributed by atoms with Gasteiger partial charge in [-0.15, -0.1) is 0 Å². The van der Waals surface area contributed by atoms with Gasteiger partial charge in [0.2, 0.25) is 11.8 Å². The quantitative estimate of drug-likeness (QED) is 0.872.